The van der Waals surface area contributed by atoms with Gasteiger partial charge in [0.05, 0.1) is 23.5 Å². The standard InChI is InChI=1S/C15H22FN3O/c16-12-3-4-13(18-10-12)14(19-17)11-5-8-20-15(9-11)6-1-2-7-15/h3-4,10-11,14,19H,1-2,5-9,17H2. The Labute approximate surface area is 118 Å². The van der Waals surface area contributed by atoms with Crippen LogP contribution in [0.4, 0.5) is 4.39 Å². The number of nitrogens with two attached hydrogens (primary N) is 1. The summed E-state index contributed by atoms with van der Waals surface area (Å²) in [6.07, 6.45) is 8.04. The minimum atomic E-state index is -0.316. The van der Waals surface area contributed by atoms with Crippen LogP contribution in [0.3, 0.4) is 0 Å². The maximum Gasteiger partial charge on any atom is 0.141 e. The fraction of sp³-hybridized carbons (Fsp3) is 0.667. The third kappa shape index (κ3) is 2.71. The smallest absolute Gasteiger partial charge is 0.141 e. The summed E-state index contributed by atoms with van der Waals surface area (Å²) in [6.45, 7) is 0.782. The van der Waals surface area contributed by atoms with Gasteiger partial charge in [0.25, 0.3) is 0 Å². The summed E-state index contributed by atoms with van der Waals surface area (Å²) in [7, 11) is 0. The first-order valence-electron chi connectivity index (χ1n) is 7.44. The van der Waals surface area contributed by atoms with E-state index in [1.807, 2.05) is 0 Å². The molecule has 0 amide bonds. The molecular formula is C15H22FN3O. The summed E-state index contributed by atoms with van der Waals surface area (Å²) in [6, 6.07) is 3.13. The predicted octanol–water partition coefficient (Wildman–Crippen LogP) is 2.46. The van der Waals surface area contributed by atoms with E-state index in [2.05, 4.69) is 10.4 Å². The van der Waals surface area contributed by atoms with E-state index >= 15 is 0 Å². The Morgan fingerprint density at radius 3 is 2.85 bits per heavy atom. The molecule has 2 fully saturated rings. The van der Waals surface area contributed by atoms with E-state index in [9.17, 15) is 4.39 Å². The molecule has 2 unspecified atom stereocenters. The van der Waals surface area contributed by atoms with Crippen molar-refractivity contribution in [2.24, 2.45) is 11.8 Å². The average molecular weight is 279 g/mol. The van der Waals surface area contributed by atoms with E-state index in [1.165, 1.54) is 25.1 Å². The van der Waals surface area contributed by atoms with Gasteiger partial charge in [-0.1, -0.05) is 12.8 Å². The Morgan fingerprint density at radius 2 is 2.20 bits per heavy atom. The summed E-state index contributed by atoms with van der Waals surface area (Å²) < 4.78 is 19.1. The molecule has 1 aliphatic carbocycles. The number of nitrogens with one attached hydrogen (secondary N) is 1. The number of rotatable bonds is 3. The highest BCUT2D eigenvalue weighted by Crippen LogP contribution is 2.44. The molecule has 0 bridgehead atoms. The highest BCUT2D eigenvalue weighted by Gasteiger charge is 2.42. The summed E-state index contributed by atoms with van der Waals surface area (Å²) in [5.41, 5.74) is 3.74. The number of halogens is 1. The van der Waals surface area contributed by atoms with Gasteiger partial charge in [0.1, 0.15) is 5.82 Å². The SMILES string of the molecule is NNC(c1ccc(F)cn1)C1CCOC2(CCCC2)C1. The molecule has 3 rings (SSSR count). The lowest BCUT2D eigenvalue weighted by molar-refractivity contribution is -0.0984. The second-order valence-electron chi connectivity index (χ2n) is 6.04. The van der Waals surface area contributed by atoms with Crippen molar-refractivity contribution in [1.82, 2.24) is 10.4 Å². The molecule has 1 aromatic rings. The van der Waals surface area contributed by atoms with Gasteiger partial charge in [-0.3, -0.25) is 16.3 Å². The van der Waals surface area contributed by atoms with Crippen LogP contribution >= 0.6 is 0 Å². The van der Waals surface area contributed by atoms with Gasteiger partial charge in [0.2, 0.25) is 0 Å². The predicted molar refractivity (Wildman–Crippen MR) is 74.1 cm³/mol. The quantitative estimate of drug-likeness (QED) is 0.659. The van der Waals surface area contributed by atoms with Crippen molar-refractivity contribution in [3.63, 3.8) is 0 Å². The van der Waals surface area contributed by atoms with E-state index in [0.29, 0.717) is 5.92 Å². The fourth-order valence-electron chi connectivity index (χ4n) is 3.75. The van der Waals surface area contributed by atoms with Crippen molar-refractivity contribution in [2.75, 3.05) is 6.61 Å². The maximum absolute atomic E-state index is 13.0. The number of nitrogens with zero attached hydrogens (tertiary/aromatic N) is 1. The molecule has 3 N–H and O–H groups in total. The van der Waals surface area contributed by atoms with E-state index in [1.54, 1.807) is 6.07 Å². The lowest BCUT2D eigenvalue weighted by atomic mass is 9.80. The molecule has 2 heterocycles. The largest absolute Gasteiger partial charge is 0.375 e. The van der Waals surface area contributed by atoms with Crippen LogP contribution in [-0.4, -0.2) is 17.2 Å². The maximum atomic E-state index is 13.0. The topological polar surface area (TPSA) is 60.2 Å². The Morgan fingerprint density at radius 1 is 1.40 bits per heavy atom. The average Bonchev–Trinajstić information content (AvgIpc) is 2.90. The Balaban J connectivity index is 1.76. The van der Waals surface area contributed by atoms with Crippen molar-refractivity contribution in [1.29, 1.82) is 0 Å². The molecule has 110 valence electrons. The van der Waals surface area contributed by atoms with Gasteiger partial charge in [-0.15, -0.1) is 0 Å². The summed E-state index contributed by atoms with van der Waals surface area (Å²) in [4.78, 5) is 4.18. The number of hydrogen-bond donors (Lipinski definition) is 2. The monoisotopic (exact) mass is 279 g/mol. The molecule has 1 spiro atoms. The lowest BCUT2D eigenvalue weighted by Gasteiger charge is -2.41. The van der Waals surface area contributed by atoms with Crippen molar-refractivity contribution in [3.05, 3.63) is 29.8 Å². The number of hydrogen-bond acceptors (Lipinski definition) is 4. The highest BCUT2D eigenvalue weighted by atomic mass is 19.1. The molecule has 5 heteroatoms. The zero-order valence-corrected chi connectivity index (χ0v) is 11.6. The molecule has 20 heavy (non-hydrogen) atoms. The van der Waals surface area contributed by atoms with Crippen molar-refractivity contribution < 1.29 is 9.13 Å². The normalized spacial score (nSPS) is 26.8. The van der Waals surface area contributed by atoms with Gasteiger partial charge in [0.15, 0.2) is 0 Å². The molecule has 2 aliphatic rings. The minimum absolute atomic E-state index is 0.0306. The van der Waals surface area contributed by atoms with Crippen LogP contribution in [0.5, 0.6) is 0 Å². The molecule has 0 aromatic carbocycles. The zero-order valence-electron chi connectivity index (χ0n) is 11.6. The fourth-order valence-corrected chi connectivity index (χ4v) is 3.75. The molecular weight excluding hydrogens is 257 g/mol. The van der Waals surface area contributed by atoms with Crippen LogP contribution in [-0.2, 0) is 4.74 Å². The van der Waals surface area contributed by atoms with Crippen molar-refractivity contribution >= 4 is 0 Å². The lowest BCUT2D eigenvalue weighted by Crippen LogP contribution is -2.43. The van der Waals surface area contributed by atoms with Gasteiger partial charge in [-0.25, -0.2) is 4.39 Å². The van der Waals surface area contributed by atoms with Gasteiger partial charge < -0.3 is 4.74 Å². The molecule has 1 aromatic heterocycles. The first-order valence-corrected chi connectivity index (χ1v) is 7.44. The Bertz CT molecular complexity index is 445. The van der Waals surface area contributed by atoms with Gasteiger partial charge in [-0.05, 0) is 43.7 Å². The van der Waals surface area contributed by atoms with Crippen molar-refractivity contribution in [2.45, 2.75) is 50.2 Å². The van der Waals surface area contributed by atoms with Crippen LogP contribution in [0.1, 0.15) is 50.3 Å². The van der Waals surface area contributed by atoms with Gasteiger partial charge in [0, 0.05) is 6.61 Å². The molecule has 1 saturated carbocycles. The molecule has 1 saturated heterocycles. The number of pyridine rings is 1. The van der Waals surface area contributed by atoms with Crippen LogP contribution < -0.4 is 11.3 Å². The van der Waals surface area contributed by atoms with Crippen molar-refractivity contribution in [3.8, 4) is 0 Å². The van der Waals surface area contributed by atoms with Crippen LogP contribution in [0.25, 0.3) is 0 Å². The summed E-state index contributed by atoms with van der Waals surface area (Å²) in [5, 5.41) is 0. The highest BCUT2D eigenvalue weighted by molar-refractivity contribution is 5.12. The molecule has 1 aliphatic heterocycles. The van der Waals surface area contributed by atoms with Gasteiger partial charge >= 0.3 is 0 Å². The molecule has 0 radical (unpaired) electrons. The second-order valence-corrected chi connectivity index (χ2v) is 6.04. The van der Waals surface area contributed by atoms with Crippen LogP contribution in [0, 0.1) is 11.7 Å². The first-order chi connectivity index (χ1) is 9.72. The third-order valence-corrected chi connectivity index (χ3v) is 4.77. The number of aromatic nitrogens is 1. The Hall–Kier alpha value is -1.04. The Kier molecular flexibility index (Phi) is 4.01. The minimum Gasteiger partial charge on any atom is -0.375 e. The van der Waals surface area contributed by atoms with E-state index in [0.717, 1.165) is 38.0 Å². The van der Waals surface area contributed by atoms with E-state index < -0.39 is 0 Å². The van der Waals surface area contributed by atoms with E-state index in [-0.39, 0.29) is 17.5 Å². The summed E-state index contributed by atoms with van der Waals surface area (Å²) >= 11 is 0. The molecule has 2 atom stereocenters. The zero-order chi connectivity index (χ0) is 14.0. The second kappa shape index (κ2) is 5.76. The van der Waals surface area contributed by atoms with E-state index in [4.69, 9.17) is 10.6 Å². The van der Waals surface area contributed by atoms with Crippen LogP contribution in [0.2, 0.25) is 0 Å². The number of hydrazine groups is 1. The first kappa shape index (κ1) is 13.9. The summed E-state index contributed by atoms with van der Waals surface area (Å²) in [5.74, 6) is 5.81. The third-order valence-electron chi connectivity index (χ3n) is 4.77. The van der Waals surface area contributed by atoms with Gasteiger partial charge in [-0.2, -0.15) is 0 Å². The van der Waals surface area contributed by atoms with Crippen LogP contribution in [0.15, 0.2) is 18.3 Å². The molecule has 4 nitrogen and oxygen atoms in total. The number of ether oxygens (including phenoxy) is 1.